The van der Waals surface area contributed by atoms with Gasteiger partial charge in [0.25, 0.3) is 5.91 Å². The SMILES string of the molecule is C=CO/C(=N\C)c1ccc(Cl)c(-c2cnc(NC(=O)c3ccncc3C)cn2)c1. The minimum atomic E-state index is -0.280. The average molecular weight is 408 g/mol. The molecule has 0 unspecified atom stereocenters. The molecular formula is C21H18ClN5O2. The van der Waals surface area contributed by atoms with Crippen LogP contribution in [0.3, 0.4) is 0 Å². The van der Waals surface area contributed by atoms with Crippen LogP contribution in [0.2, 0.25) is 5.02 Å². The first kappa shape index (κ1) is 20.2. The maximum Gasteiger partial charge on any atom is 0.257 e. The fraction of sp³-hybridized carbons (Fsp3) is 0.0952. The predicted molar refractivity (Wildman–Crippen MR) is 113 cm³/mol. The smallest absolute Gasteiger partial charge is 0.257 e. The summed E-state index contributed by atoms with van der Waals surface area (Å²) in [6.45, 7) is 5.36. The van der Waals surface area contributed by atoms with E-state index < -0.39 is 0 Å². The number of aryl methyl sites for hydroxylation is 1. The number of benzene rings is 1. The molecule has 0 saturated heterocycles. The molecule has 29 heavy (non-hydrogen) atoms. The number of aliphatic imine (C=N–C) groups is 1. The van der Waals surface area contributed by atoms with E-state index in [2.05, 4.69) is 31.8 Å². The first-order valence-corrected chi connectivity index (χ1v) is 9.00. The molecule has 1 aromatic carbocycles. The number of halogens is 1. The molecule has 3 rings (SSSR count). The quantitative estimate of drug-likeness (QED) is 0.387. The van der Waals surface area contributed by atoms with Crippen molar-refractivity contribution < 1.29 is 9.53 Å². The zero-order valence-electron chi connectivity index (χ0n) is 15.9. The van der Waals surface area contributed by atoms with Gasteiger partial charge in [0.2, 0.25) is 5.90 Å². The van der Waals surface area contributed by atoms with Gasteiger partial charge in [0.1, 0.15) is 0 Å². The van der Waals surface area contributed by atoms with Crippen LogP contribution < -0.4 is 5.32 Å². The summed E-state index contributed by atoms with van der Waals surface area (Å²) in [5.41, 5.74) is 3.22. The zero-order chi connectivity index (χ0) is 20.8. The summed E-state index contributed by atoms with van der Waals surface area (Å²) < 4.78 is 5.31. The van der Waals surface area contributed by atoms with Crippen molar-refractivity contribution in [3.63, 3.8) is 0 Å². The van der Waals surface area contributed by atoms with E-state index in [1.807, 2.05) is 6.92 Å². The van der Waals surface area contributed by atoms with Gasteiger partial charge in [-0.1, -0.05) is 18.2 Å². The van der Waals surface area contributed by atoms with Crippen LogP contribution in [-0.2, 0) is 4.74 Å². The molecule has 2 aromatic heterocycles. The molecule has 8 heteroatoms. The van der Waals surface area contributed by atoms with Gasteiger partial charge in [-0.25, -0.2) is 4.98 Å². The lowest BCUT2D eigenvalue weighted by atomic mass is 10.1. The van der Waals surface area contributed by atoms with Crippen LogP contribution >= 0.6 is 11.6 Å². The highest BCUT2D eigenvalue weighted by Gasteiger charge is 2.13. The number of ether oxygens (including phenoxy) is 1. The number of aromatic nitrogens is 3. The van der Waals surface area contributed by atoms with E-state index in [-0.39, 0.29) is 5.91 Å². The largest absolute Gasteiger partial charge is 0.447 e. The van der Waals surface area contributed by atoms with Gasteiger partial charge in [-0.05, 0) is 36.8 Å². The summed E-state index contributed by atoms with van der Waals surface area (Å²) in [5, 5.41) is 3.23. The lowest BCUT2D eigenvalue weighted by molar-refractivity contribution is 0.102. The lowest BCUT2D eigenvalue weighted by Crippen LogP contribution is -2.14. The van der Waals surface area contributed by atoms with Crippen LogP contribution in [0.5, 0.6) is 0 Å². The van der Waals surface area contributed by atoms with Crippen molar-refractivity contribution in [1.82, 2.24) is 15.0 Å². The van der Waals surface area contributed by atoms with Gasteiger partial charge in [-0.2, -0.15) is 0 Å². The Labute approximate surface area is 173 Å². The summed E-state index contributed by atoms with van der Waals surface area (Å²) in [4.78, 5) is 29.1. The minimum absolute atomic E-state index is 0.280. The van der Waals surface area contributed by atoms with Crippen molar-refractivity contribution >= 4 is 29.2 Å². The molecule has 1 N–H and O–H groups in total. The topological polar surface area (TPSA) is 89.4 Å². The standard InChI is InChI=1S/C21H18ClN5O2/c1-4-29-21(23-3)14-5-6-17(22)16(9-14)18-11-26-19(12-25-18)27-20(28)15-7-8-24-10-13(15)2/h4-12H,1H2,2-3H3,(H,26,27,28)/b23-21-. The molecule has 0 spiro atoms. The van der Waals surface area contributed by atoms with Crippen molar-refractivity contribution in [3.8, 4) is 11.3 Å². The summed E-state index contributed by atoms with van der Waals surface area (Å²) in [6.07, 6.45) is 7.51. The highest BCUT2D eigenvalue weighted by molar-refractivity contribution is 6.33. The van der Waals surface area contributed by atoms with E-state index >= 15 is 0 Å². The van der Waals surface area contributed by atoms with Gasteiger partial charge in [-0.3, -0.25) is 19.8 Å². The molecule has 146 valence electrons. The molecule has 0 saturated carbocycles. The summed E-state index contributed by atoms with van der Waals surface area (Å²) >= 11 is 6.33. The third-order valence-corrected chi connectivity index (χ3v) is 4.38. The second-order valence-electron chi connectivity index (χ2n) is 5.94. The number of carbonyl (C=O) groups excluding carboxylic acids is 1. The summed E-state index contributed by atoms with van der Waals surface area (Å²) in [5.74, 6) is 0.452. The molecule has 0 bridgehead atoms. The Bertz CT molecular complexity index is 1080. The molecule has 7 nitrogen and oxygen atoms in total. The van der Waals surface area contributed by atoms with Crippen molar-refractivity contribution in [1.29, 1.82) is 0 Å². The van der Waals surface area contributed by atoms with Crippen LogP contribution in [0.25, 0.3) is 11.3 Å². The molecule has 3 aromatic rings. The molecule has 0 fully saturated rings. The van der Waals surface area contributed by atoms with Crippen LogP contribution in [0.15, 0.2) is 66.9 Å². The molecule has 1 amide bonds. The lowest BCUT2D eigenvalue weighted by Gasteiger charge is -2.10. The van der Waals surface area contributed by atoms with Crippen LogP contribution in [0.4, 0.5) is 5.82 Å². The van der Waals surface area contributed by atoms with Gasteiger partial charge in [0, 0.05) is 36.1 Å². The number of hydrogen-bond donors (Lipinski definition) is 1. The molecular weight excluding hydrogens is 390 g/mol. The molecule has 2 heterocycles. The number of hydrogen-bond acceptors (Lipinski definition) is 6. The van der Waals surface area contributed by atoms with E-state index in [0.717, 1.165) is 11.1 Å². The maximum absolute atomic E-state index is 12.4. The van der Waals surface area contributed by atoms with Gasteiger partial charge in [0.05, 0.1) is 29.4 Å². The van der Waals surface area contributed by atoms with E-state index in [4.69, 9.17) is 16.3 Å². The third kappa shape index (κ3) is 4.64. The second kappa shape index (κ2) is 9.07. The Balaban J connectivity index is 1.84. The number of pyridine rings is 1. The van der Waals surface area contributed by atoms with E-state index in [0.29, 0.717) is 33.6 Å². The normalized spacial score (nSPS) is 11.1. The van der Waals surface area contributed by atoms with Gasteiger partial charge >= 0.3 is 0 Å². The van der Waals surface area contributed by atoms with E-state index in [9.17, 15) is 4.79 Å². The molecule has 0 atom stereocenters. The Hall–Kier alpha value is -3.58. The van der Waals surface area contributed by atoms with E-state index in [1.54, 1.807) is 43.7 Å². The molecule has 0 aliphatic rings. The van der Waals surface area contributed by atoms with Crippen molar-refractivity contribution in [2.75, 3.05) is 12.4 Å². The Morgan fingerprint density at radius 2 is 2.07 bits per heavy atom. The fourth-order valence-corrected chi connectivity index (χ4v) is 2.84. The number of amides is 1. The number of nitrogens with zero attached hydrogens (tertiary/aromatic N) is 4. The van der Waals surface area contributed by atoms with Gasteiger partial charge in [0.15, 0.2) is 5.82 Å². The van der Waals surface area contributed by atoms with Crippen LogP contribution in [0, 0.1) is 6.92 Å². The fourth-order valence-electron chi connectivity index (χ4n) is 2.63. The van der Waals surface area contributed by atoms with Gasteiger partial charge in [-0.15, -0.1) is 0 Å². The van der Waals surface area contributed by atoms with Gasteiger partial charge < -0.3 is 10.1 Å². The highest BCUT2D eigenvalue weighted by atomic mass is 35.5. The van der Waals surface area contributed by atoms with E-state index in [1.165, 1.54) is 18.7 Å². The number of nitrogens with one attached hydrogen (secondary N) is 1. The number of rotatable bonds is 5. The van der Waals surface area contributed by atoms with Crippen LogP contribution in [-0.4, -0.2) is 33.8 Å². The summed E-state index contributed by atoms with van der Waals surface area (Å²) in [7, 11) is 1.62. The first-order valence-electron chi connectivity index (χ1n) is 8.62. The van der Waals surface area contributed by atoms with Crippen molar-refractivity contribution in [2.24, 2.45) is 4.99 Å². The molecule has 0 aliphatic carbocycles. The molecule has 0 aliphatic heterocycles. The van der Waals surface area contributed by atoms with Crippen molar-refractivity contribution in [3.05, 3.63) is 83.6 Å². The first-order chi connectivity index (χ1) is 14.0. The Kier molecular flexibility index (Phi) is 6.31. The maximum atomic E-state index is 12.4. The molecule has 0 radical (unpaired) electrons. The Morgan fingerprint density at radius 1 is 1.24 bits per heavy atom. The zero-order valence-corrected chi connectivity index (χ0v) is 16.6. The predicted octanol–water partition coefficient (Wildman–Crippen LogP) is 4.29. The number of carbonyl (C=O) groups is 1. The van der Waals surface area contributed by atoms with Crippen LogP contribution in [0.1, 0.15) is 21.5 Å². The highest BCUT2D eigenvalue weighted by Crippen LogP contribution is 2.28. The minimum Gasteiger partial charge on any atom is -0.447 e. The second-order valence-corrected chi connectivity index (χ2v) is 6.35. The number of anilines is 1. The monoisotopic (exact) mass is 407 g/mol. The van der Waals surface area contributed by atoms with Crippen molar-refractivity contribution in [2.45, 2.75) is 6.92 Å². The Morgan fingerprint density at radius 3 is 2.72 bits per heavy atom. The average Bonchev–Trinajstić information content (AvgIpc) is 2.73. The third-order valence-electron chi connectivity index (χ3n) is 4.05. The summed E-state index contributed by atoms with van der Waals surface area (Å²) in [6, 6.07) is 6.97.